The zero-order valence-electron chi connectivity index (χ0n) is 16.0. The Hall–Kier alpha value is -4.40. The monoisotopic (exact) mass is 407 g/mol. The van der Waals surface area contributed by atoms with Gasteiger partial charge >= 0.3 is 17.6 Å². The summed E-state index contributed by atoms with van der Waals surface area (Å²) in [5.41, 5.74) is 15.7. The van der Waals surface area contributed by atoms with E-state index in [9.17, 15) is 14.5 Å². The first-order chi connectivity index (χ1) is 14.4. The van der Waals surface area contributed by atoms with Crippen molar-refractivity contribution >= 4 is 34.7 Å². The maximum absolute atomic E-state index is 12.3. The molecule has 0 saturated carbocycles. The molecule has 0 fully saturated rings. The lowest BCUT2D eigenvalue weighted by Crippen LogP contribution is -2.15. The smallest absolute Gasteiger partial charge is 0.398 e. The van der Waals surface area contributed by atoms with Crippen LogP contribution in [0.25, 0.3) is 0 Å². The number of hydrogen-bond acceptors (Lipinski definition) is 8. The normalized spacial score (nSPS) is 10.2. The fourth-order valence-electron chi connectivity index (χ4n) is 2.53. The minimum Gasteiger partial charge on any atom is -0.398 e. The summed E-state index contributed by atoms with van der Waals surface area (Å²) >= 11 is 0. The van der Waals surface area contributed by atoms with Crippen molar-refractivity contribution in [2.75, 3.05) is 16.9 Å². The van der Waals surface area contributed by atoms with Crippen LogP contribution in [0, 0.1) is 11.8 Å². The summed E-state index contributed by atoms with van der Waals surface area (Å²) in [7, 11) is 0. The summed E-state index contributed by atoms with van der Waals surface area (Å²) < 4.78 is 0. The van der Waals surface area contributed by atoms with E-state index in [4.69, 9.17) is 21.1 Å². The molecular weight excluding hydrogens is 388 g/mol. The molecule has 0 heterocycles. The predicted octanol–water partition coefficient (Wildman–Crippen LogP) is 3.53. The highest BCUT2D eigenvalue weighted by Crippen LogP contribution is 2.24. The van der Waals surface area contributed by atoms with E-state index in [0.717, 1.165) is 0 Å². The Morgan fingerprint density at radius 2 is 1.43 bits per heavy atom. The summed E-state index contributed by atoms with van der Waals surface area (Å²) in [6.45, 7) is 1.74. The number of aryl methyl sites for hydroxylation is 1. The third kappa shape index (κ3) is 4.53. The second-order valence-electron chi connectivity index (χ2n) is 6.30. The molecule has 0 aliphatic carbocycles. The van der Waals surface area contributed by atoms with Gasteiger partial charge < -0.3 is 16.3 Å². The molecule has 0 unspecified atom stereocenters. The number of nitrogen functional groups attached to an aromatic ring is 2. The number of para-hydroxylation sites is 2. The maximum Gasteiger partial charge on any atom is 0.418 e. The van der Waals surface area contributed by atoms with E-state index >= 15 is 0 Å². The zero-order chi connectivity index (χ0) is 21.7. The molecule has 30 heavy (non-hydrogen) atoms. The average molecular weight is 407 g/mol. The van der Waals surface area contributed by atoms with Gasteiger partial charge in [-0.2, -0.15) is 0 Å². The number of nitrogens with one attached hydrogen (secondary N) is 1. The van der Waals surface area contributed by atoms with Crippen LogP contribution in [0.3, 0.4) is 0 Å². The number of anilines is 3. The van der Waals surface area contributed by atoms with E-state index < -0.39 is 11.9 Å². The van der Waals surface area contributed by atoms with Crippen molar-refractivity contribution in [3.05, 3.63) is 88.3 Å². The Balaban J connectivity index is 1.71. The molecule has 0 spiro atoms. The zero-order valence-corrected chi connectivity index (χ0v) is 16.0. The van der Waals surface area contributed by atoms with Gasteiger partial charge in [0.15, 0.2) is 0 Å². The van der Waals surface area contributed by atoms with Gasteiger partial charge in [0.25, 0.3) is 4.92 Å². The largest absolute Gasteiger partial charge is 0.418 e. The van der Waals surface area contributed by atoms with Gasteiger partial charge in [-0.25, -0.2) is 15.1 Å². The Labute approximate surface area is 171 Å². The average Bonchev–Trinajstić information content (AvgIpc) is 2.73. The van der Waals surface area contributed by atoms with Gasteiger partial charge in [0, 0.05) is 23.5 Å². The Morgan fingerprint density at radius 3 is 2.03 bits per heavy atom. The summed E-state index contributed by atoms with van der Waals surface area (Å²) in [4.78, 5) is 46.6. The molecule has 0 atom stereocenters. The number of hydrogen-bond donors (Lipinski definition) is 3. The van der Waals surface area contributed by atoms with Gasteiger partial charge in [0.1, 0.15) is 0 Å². The van der Waals surface area contributed by atoms with Crippen LogP contribution >= 0.6 is 0 Å². The van der Waals surface area contributed by atoms with E-state index in [2.05, 4.69) is 5.48 Å². The first-order valence-electron chi connectivity index (χ1n) is 8.83. The Bertz CT molecular complexity index is 1130. The first-order valence-corrected chi connectivity index (χ1v) is 8.83. The van der Waals surface area contributed by atoms with Gasteiger partial charge in [-0.3, -0.25) is 0 Å². The molecule has 9 nitrogen and oxygen atoms in total. The third-order valence-corrected chi connectivity index (χ3v) is 4.21. The lowest BCUT2D eigenvalue weighted by molar-refractivity contribution is -0.713. The molecule has 0 bridgehead atoms. The fourth-order valence-corrected chi connectivity index (χ4v) is 2.53. The minimum atomic E-state index is -0.899. The van der Waals surface area contributed by atoms with E-state index in [1.807, 2.05) is 0 Å². The van der Waals surface area contributed by atoms with Crippen LogP contribution < -0.4 is 16.9 Å². The second kappa shape index (κ2) is 8.74. The lowest BCUT2D eigenvalue weighted by atomic mass is 10.2. The van der Waals surface area contributed by atoms with Crippen molar-refractivity contribution in [3.63, 3.8) is 0 Å². The van der Waals surface area contributed by atoms with Gasteiger partial charge in [0.05, 0.1) is 21.7 Å². The van der Waals surface area contributed by atoms with E-state index in [0.29, 0.717) is 11.3 Å². The quantitative estimate of drug-likeness (QED) is 0.417. The van der Waals surface area contributed by atoms with Crippen molar-refractivity contribution in [3.8, 4) is 0 Å². The highest BCUT2D eigenvalue weighted by Gasteiger charge is 2.25. The van der Waals surface area contributed by atoms with Crippen LogP contribution in [0.5, 0.6) is 0 Å². The van der Waals surface area contributed by atoms with Crippen LogP contribution in [0.1, 0.15) is 26.3 Å². The predicted molar refractivity (Wildman–Crippen MR) is 111 cm³/mol. The fraction of sp³-hybridized carbons (Fsp3) is 0.0476. The molecule has 3 rings (SSSR count). The van der Waals surface area contributed by atoms with E-state index in [1.165, 1.54) is 30.3 Å². The molecule has 0 aliphatic rings. The molecule has 3 aromatic carbocycles. The standard InChI is InChI=1S/C21H18N4O5/c1-13-10-11-14(25(28)30-21(27)16-7-3-5-9-18(16)23)12-19(13)24-29-20(26)15-6-2-4-8-17(15)22/h2-12,24H,1H3,(H3-,22,23,26,27)/p+1. The van der Waals surface area contributed by atoms with Crippen molar-refractivity contribution in [1.82, 2.24) is 0 Å². The summed E-state index contributed by atoms with van der Waals surface area (Å²) in [6, 6.07) is 17.1. The van der Waals surface area contributed by atoms with Crippen LogP contribution in [0.4, 0.5) is 22.7 Å². The minimum absolute atomic E-state index is 0.00114. The highest BCUT2D eigenvalue weighted by atomic mass is 16.8. The van der Waals surface area contributed by atoms with E-state index in [1.54, 1.807) is 43.3 Å². The third-order valence-electron chi connectivity index (χ3n) is 4.21. The number of benzene rings is 3. The van der Waals surface area contributed by atoms with Crippen molar-refractivity contribution in [2.24, 2.45) is 0 Å². The Morgan fingerprint density at radius 1 is 0.867 bits per heavy atom. The van der Waals surface area contributed by atoms with Crippen molar-refractivity contribution in [2.45, 2.75) is 6.92 Å². The summed E-state index contributed by atoms with van der Waals surface area (Å²) in [5, 5.41) is 0. The Kier molecular flexibility index (Phi) is 5.92. The maximum atomic E-state index is 12.3. The molecule has 152 valence electrons. The number of rotatable bonds is 6. The molecule has 0 aliphatic heterocycles. The van der Waals surface area contributed by atoms with Crippen molar-refractivity contribution < 1.29 is 24.2 Å². The molecule has 9 heteroatoms. The van der Waals surface area contributed by atoms with Crippen LogP contribution in [-0.4, -0.2) is 16.9 Å². The SMILES string of the molecule is Cc1ccc([N+](=O)OC(=O)c2ccccc2N)cc1NOC(=O)c1ccccc1N. The summed E-state index contributed by atoms with van der Waals surface area (Å²) in [6.07, 6.45) is 0. The number of nitrogens with two attached hydrogens (primary N) is 2. The van der Waals surface area contributed by atoms with Crippen LogP contribution in [0.2, 0.25) is 0 Å². The first kappa shape index (κ1) is 20.3. The number of nitrogens with zero attached hydrogens (tertiary/aromatic N) is 1. The van der Waals surface area contributed by atoms with Gasteiger partial charge in [-0.15, -0.1) is 4.84 Å². The van der Waals surface area contributed by atoms with Gasteiger partial charge in [0.2, 0.25) is 0 Å². The van der Waals surface area contributed by atoms with Crippen LogP contribution in [0.15, 0.2) is 66.7 Å². The van der Waals surface area contributed by atoms with E-state index in [-0.39, 0.29) is 33.1 Å². The van der Waals surface area contributed by atoms with Gasteiger partial charge in [-0.05, 0) is 36.8 Å². The second-order valence-corrected chi connectivity index (χ2v) is 6.30. The number of carbonyl (C=O) groups is 2. The van der Waals surface area contributed by atoms with Crippen molar-refractivity contribution in [1.29, 1.82) is 0 Å². The summed E-state index contributed by atoms with van der Waals surface area (Å²) in [5.74, 6) is -1.59. The molecule has 0 radical (unpaired) electrons. The highest BCUT2D eigenvalue weighted by molar-refractivity contribution is 5.95. The molecule has 5 N–H and O–H groups in total. The molecule has 0 saturated heterocycles. The molecule has 3 aromatic rings. The molecule has 0 aromatic heterocycles. The molecular formula is C21H19N4O5+. The van der Waals surface area contributed by atoms with Crippen LogP contribution in [-0.2, 0) is 9.68 Å². The van der Waals surface area contributed by atoms with Gasteiger partial charge in [-0.1, -0.05) is 30.3 Å². The lowest BCUT2D eigenvalue weighted by Gasteiger charge is -2.10. The number of carbonyl (C=O) groups excluding carboxylic acids is 2. The molecule has 0 amide bonds. The topological polar surface area (TPSA) is 137 Å².